The van der Waals surface area contributed by atoms with Gasteiger partial charge in [-0.15, -0.1) is 0 Å². The molecular formula is C26H25F3N4O2. The monoisotopic (exact) mass is 482 g/mol. The van der Waals surface area contributed by atoms with Gasteiger partial charge < -0.3 is 10.2 Å². The number of hydrogen-bond acceptors (Lipinski definition) is 3. The Morgan fingerprint density at radius 3 is 2.63 bits per heavy atom. The first-order chi connectivity index (χ1) is 16.8. The molecule has 1 saturated heterocycles. The molecule has 2 aromatic carbocycles. The normalized spacial score (nSPS) is 16.4. The minimum atomic E-state index is -4.47. The predicted molar refractivity (Wildman–Crippen MR) is 124 cm³/mol. The minimum Gasteiger partial charge on any atom is -0.338 e. The molecule has 3 aromatic rings. The minimum absolute atomic E-state index is 0.0734. The van der Waals surface area contributed by atoms with E-state index in [9.17, 15) is 22.8 Å². The standard InChI is InChI=1S/C26H25F3N4O2/c27-26(28,29)19-6-4-8-21(14-19)33-24(18-10-11-18)22(15-30-33)25(35)31-20-7-3-5-17(13-20)16-32-12-2-1-9-23(32)34/h3-8,13-15,18H,1-2,9-12,16H2,(H,31,35). The van der Waals surface area contributed by atoms with Crippen molar-refractivity contribution in [2.24, 2.45) is 0 Å². The number of piperidine rings is 1. The van der Waals surface area contributed by atoms with Crippen molar-refractivity contribution in [3.05, 3.63) is 77.1 Å². The number of nitrogens with one attached hydrogen (secondary N) is 1. The molecule has 5 rings (SSSR count). The number of hydrogen-bond donors (Lipinski definition) is 1. The number of rotatable bonds is 6. The summed E-state index contributed by atoms with van der Waals surface area (Å²) < 4.78 is 41.1. The fourth-order valence-electron chi connectivity index (χ4n) is 4.50. The molecule has 0 spiro atoms. The van der Waals surface area contributed by atoms with E-state index in [0.717, 1.165) is 49.9 Å². The highest BCUT2D eigenvalue weighted by Gasteiger charge is 2.34. The first kappa shape index (κ1) is 23.1. The number of halogens is 3. The van der Waals surface area contributed by atoms with Gasteiger partial charge >= 0.3 is 6.18 Å². The fraction of sp³-hybridized carbons (Fsp3) is 0.346. The van der Waals surface area contributed by atoms with Crippen LogP contribution >= 0.6 is 0 Å². The molecular weight excluding hydrogens is 457 g/mol. The van der Waals surface area contributed by atoms with Gasteiger partial charge in [-0.05, 0) is 61.6 Å². The molecule has 2 aliphatic rings. The van der Waals surface area contributed by atoms with Crippen molar-refractivity contribution < 1.29 is 22.8 Å². The molecule has 1 aromatic heterocycles. The Labute approximate surface area is 200 Å². The molecule has 2 heterocycles. The third-order valence-corrected chi connectivity index (χ3v) is 6.41. The largest absolute Gasteiger partial charge is 0.416 e. The molecule has 6 nitrogen and oxygen atoms in total. The first-order valence-corrected chi connectivity index (χ1v) is 11.7. The molecule has 1 aliphatic heterocycles. The van der Waals surface area contributed by atoms with Crippen molar-refractivity contribution in [1.29, 1.82) is 0 Å². The second-order valence-corrected chi connectivity index (χ2v) is 9.10. The SMILES string of the molecule is O=C(Nc1cccc(CN2CCCCC2=O)c1)c1cnn(-c2cccc(C(F)(F)F)c2)c1C1CC1. The predicted octanol–water partition coefficient (Wildman–Crippen LogP) is 5.53. The number of carbonyl (C=O) groups is 2. The molecule has 2 amide bonds. The number of likely N-dealkylation sites (tertiary alicyclic amines) is 1. The zero-order valence-corrected chi connectivity index (χ0v) is 19.0. The van der Waals surface area contributed by atoms with Gasteiger partial charge in [-0.2, -0.15) is 18.3 Å². The van der Waals surface area contributed by atoms with E-state index in [4.69, 9.17) is 0 Å². The number of aromatic nitrogens is 2. The summed E-state index contributed by atoms with van der Waals surface area (Å²) in [4.78, 5) is 27.1. The lowest BCUT2D eigenvalue weighted by Gasteiger charge is -2.26. The maximum absolute atomic E-state index is 13.2. The topological polar surface area (TPSA) is 67.2 Å². The fourth-order valence-corrected chi connectivity index (χ4v) is 4.50. The number of nitrogens with zero attached hydrogens (tertiary/aromatic N) is 3. The van der Waals surface area contributed by atoms with Gasteiger partial charge in [-0.1, -0.05) is 18.2 Å². The van der Waals surface area contributed by atoms with E-state index in [2.05, 4.69) is 10.4 Å². The molecule has 0 bridgehead atoms. The summed E-state index contributed by atoms with van der Waals surface area (Å²) in [5, 5.41) is 7.18. The number of alkyl halides is 3. The lowest BCUT2D eigenvalue weighted by atomic mass is 10.1. The van der Waals surface area contributed by atoms with Gasteiger partial charge in [0.2, 0.25) is 5.91 Å². The van der Waals surface area contributed by atoms with Crippen LogP contribution in [0.25, 0.3) is 5.69 Å². The van der Waals surface area contributed by atoms with Gasteiger partial charge in [0.1, 0.15) is 0 Å². The molecule has 2 fully saturated rings. The summed E-state index contributed by atoms with van der Waals surface area (Å²) >= 11 is 0. The Morgan fingerprint density at radius 2 is 1.89 bits per heavy atom. The second-order valence-electron chi connectivity index (χ2n) is 9.10. The molecule has 0 unspecified atom stereocenters. The highest BCUT2D eigenvalue weighted by atomic mass is 19.4. The lowest BCUT2D eigenvalue weighted by Crippen LogP contribution is -2.34. The van der Waals surface area contributed by atoms with Gasteiger partial charge in [-0.25, -0.2) is 4.68 Å². The van der Waals surface area contributed by atoms with Crippen LogP contribution in [0.15, 0.2) is 54.7 Å². The van der Waals surface area contributed by atoms with Crippen LogP contribution in [0.3, 0.4) is 0 Å². The third-order valence-electron chi connectivity index (χ3n) is 6.41. The van der Waals surface area contributed by atoms with Gasteiger partial charge in [0.25, 0.3) is 5.91 Å². The lowest BCUT2D eigenvalue weighted by molar-refractivity contribution is -0.137. The maximum atomic E-state index is 13.2. The Hall–Kier alpha value is -3.62. The Bertz CT molecular complexity index is 1260. The van der Waals surface area contributed by atoms with Crippen molar-refractivity contribution in [3.8, 4) is 5.69 Å². The van der Waals surface area contributed by atoms with Crippen LogP contribution in [-0.2, 0) is 17.5 Å². The number of benzene rings is 2. The quantitative estimate of drug-likeness (QED) is 0.502. The van der Waals surface area contributed by atoms with Gasteiger partial charge in [0, 0.05) is 31.1 Å². The smallest absolute Gasteiger partial charge is 0.338 e. The Morgan fingerprint density at radius 1 is 1.09 bits per heavy atom. The van der Waals surface area contributed by atoms with E-state index in [0.29, 0.717) is 29.9 Å². The van der Waals surface area contributed by atoms with Crippen LogP contribution in [0.2, 0.25) is 0 Å². The van der Waals surface area contributed by atoms with E-state index in [1.807, 2.05) is 23.1 Å². The summed E-state index contributed by atoms with van der Waals surface area (Å²) in [7, 11) is 0. The summed E-state index contributed by atoms with van der Waals surface area (Å²) in [5.74, 6) is -0.151. The van der Waals surface area contributed by atoms with Crippen LogP contribution in [0.1, 0.15) is 65.2 Å². The van der Waals surface area contributed by atoms with Crippen molar-refractivity contribution >= 4 is 17.5 Å². The number of carbonyl (C=O) groups excluding carboxylic acids is 2. The zero-order chi connectivity index (χ0) is 24.6. The summed E-state index contributed by atoms with van der Waals surface area (Å²) in [6, 6.07) is 12.3. The van der Waals surface area contributed by atoms with E-state index >= 15 is 0 Å². The Kier molecular flexibility index (Phi) is 6.08. The number of amides is 2. The van der Waals surface area contributed by atoms with Crippen LogP contribution in [0.4, 0.5) is 18.9 Å². The maximum Gasteiger partial charge on any atom is 0.416 e. The van der Waals surface area contributed by atoms with E-state index in [1.165, 1.54) is 16.9 Å². The van der Waals surface area contributed by atoms with E-state index < -0.39 is 11.7 Å². The molecule has 1 saturated carbocycles. The summed E-state index contributed by atoms with van der Waals surface area (Å²) in [6.45, 7) is 1.22. The van der Waals surface area contributed by atoms with Crippen LogP contribution in [-0.4, -0.2) is 33.0 Å². The summed E-state index contributed by atoms with van der Waals surface area (Å²) in [6.07, 6.45) is 1.13. The van der Waals surface area contributed by atoms with Crippen LogP contribution in [0.5, 0.6) is 0 Å². The van der Waals surface area contributed by atoms with Crippen molar-refractivity contribution in [1.82, 2.24) is 14.7 Å². The number of anilines is 1. The highest BCUT2D eigenvalue weighted by Crippen LogP contribution is 2.43. The highest BCUT2D eigenvalue weighted by molar-refractivity contribution is 6.05. The van der Waals surface area contributed by atoms with Crippen molar-refractivity contribution in [2.45, 2.75) is 50.7 Å². The average Bonchev–Trinajstić information content (AvgIpc) is 3.57. The van der Waals surface area contributed by atoms with Crippen LogP contribution in [0, 0.1) is 0 Å². The molecule has 35 heavy (non-hydrogen) atoms. The average molecular weight is 483 g/mol. The first-order valence-electron chi connectivity index (χ1n) is 11.7. The van der Waals surface area contributed by atoms with Gasteiger partial charge in [-0.3, -0.25) is 9.59 Å². The molecule has 0 atom stereocenters. The van der Waals surface area contributed by atoms with Gasteiger partial charge in [0.05, 0.1) is 28.7 Å². The zero-order valence-electron chi connectivity index (χ0n) is 19.0. The van der Waals surface area contributed by atoms with Gasteiger partial charge in [0.15, 0.2) is 0 Å². The van der Waals surface area contributed by atoms with E-state index in [-0.39, 0.29) is 23.4 Å². The Balaban J connectivity index is 1.37. The molecule has 1 aliphatic carbocycles. The second kappa shape index (κ2) is 9.20. The third kappa shape index (κ3) is 5.08. The molecule has 1 N–H and O–H groups in total. The molecule has 9 heteroatoms. The molecule has 0 radical (unpaired) electrons. The van der Waals surface area contributed by atoms with E-state index in [1.54, 1.807) is 12.1 Å². The van der Waals surface area contributed by atoms with Crippen molar-refractivity contribution in [3.63, 3.8) is 0 Å². The van der Waals surface area contributed by atoms with Crippen LogP contribution < -0.4 is 5.32 Å². The summed E-state index contributed by atoms with van der Waals surface area (Å²) in [5.41, 5.74) is 1.99. The molecule has 182 valence electrons. The van der Waals surface area contributed by atoms with Crippen molar-refractivity contribution in [2.75, 3.05) is 11.9 Å².